The monoisotopic (exact) mass is 329 g/mol. The first kappa shape index (κ1) is 15.1. The normalized spacial score (nSPS) is 11.0. The number of nitrogens with zero attached hydrogens (tertiary/aromatic N) is 2. The number of esters is 1. The van der Waals surface area contributed by atoms with Crippen LogP contribution in [0, 0.1) is 10.1 Å². The van der Waals surface area contributed by atoms with Crippen LogP contribution < -0.4 is 5.43 Å². The molecule has 0 saturated carbocycles. The summed E-state index contributed by atoms with van der Waals surface area (Å²) in [4.78, 5) is 21.7. The van der Waals surface area contributed by atoms with Gasteiger partial charge in [-0.1, -0.05) is 6.07 Å². The fraction of sp³-hybridized carbons (Fsp3) is 0.273. The molecule has 0 aliphatic heterocycles. The molecule has 1 aromatic rings. The molecule has 0 amide bonds. The molecule has 0 atom stereocenters. The summed E-state index contributed by atoms with van der Waals surface area (Å²) in [5.41, 5.74) is 2.60. The molecule has 0 heterocycles. The Morgan fingerprint density at radius 1 is 1.58 bits per heavy atom. The first-order valence-corrected chi connectivity index (χ1v) is 6.17. The molecule has 8 heteroatoms. The van der Waals surface area contributed by atoms with E-state index in [4.69, 9.17) is 4.74 Å². The molecule has 19 heavy (non-hydrogen) atoms. The third-order valence-electron chi connectivity index (χ3n) is 2.08. The minimum Gasteiger partial charge on any atom is -0.461 e. The maximum absolute atomic E-state index is 11.3. The maximum Gasteiger partial charge on any atom is 0.354 e. The van der Waals surface area contributed by atoms with Crippen LogP contribution in [0.5, 0.6) is 0 Å². The highest BCUT2D eigenvalue weighted by Crippen LogP contribution is 2.32. The van der Waals surface area contributed by atoms with Crippen molar-refractivity contribution < 1.29 is 14.5 Å². The second-order valence-corrected chi connectivity index (χ2v) is 4.28. The highest BCUT2D eigenvalue weighted by Gasteiger charge is 2.18. The van der Waals surface area contributed by atoms with Gasteiger partial charge in [0, 0.05) is 0 Å². The molecule has 102 valence electrons. The van der Waals surface area contributed by atoms with Crippen molar-refractivity contribution in [2.24, 2.45) is 5.10 Å². The lowest BCUT2D eigenvalue weighted by atomic mass is 10.3. The number of carbonyl (C=O) groups is 1. The summed E-state index contributed by atoms with van der Waals surface area (Å²) >= 11 is 3.09. The van der Waals surface area contributed by atoms with E-state index in [0.717, 1.165) is 0 Å². The second kappa shape index (κ2) is 6.83. The largest absolute Gasteiger partial charge is 0.461 e. The number of hydrogen-bond acceptors (Lipinski definition) is 6. The molecule has 0 aliphatic carbocycles. The Morgan fingerprint density at radius 2 is 2.26 bits per heavy atom. The van der Waals surface area contributed by atoms with Crippen LogP contribution in [-0.4, -0.2) is 23.2 Å². The highest BCUT2D eigenvalue weighted by atomic mass is 79.9. The molecule has 0 radical (unpaired) electrons. The zero-order chi connectivity index (χ0) is 14.4. The minimum absolute atomic E-state index is 0.0797. The van der Waals surface area contributed by atoms with E-state index in [1.807, 2.05) is 0 Å². The van der Waals surface area contributed by atoms with E-state index < -0.39 is 10.9 Å². The molecule has 0 aliphatic rings. The lowest BCUT2D eigenvalue weighted by Gasteiger charge is -2.05. The van der Waals surface area contributed by atoms with Crippen molar-refractivity contribution in [2.75, 3.05) is 12.0 Å². The SMILES string of the molecule is CCOC(=O)/C(C)=N\Nc1cccc(Br)c1[N+](=O)[O-]. The summed E-state index contributed by atoms with van der Waals surface area (Å²) < 4.78 is 5.07. The van der Waals surface area contributed by atoms with E-state index in [2.05, 4.69) is 26.5 Å². The number of rotatable bonds is 5. The van der Waals surface area contributed by atoms with Gasteiger partial charge in [-0.3, -0.25) is 15.5 Å². The lowest BCUT2D eigenvalue weighted by molar-refractivity contribution is -0.384. The number of nitrogens with one attached hydrogen (secondary N) is 1. The molecular weight excluding hydrogens is 318 g/mol. The van der Waals surface area contributed by atoms with Gasteiger partial charge in [0.1, 0.15) is 11.4 Å². The number of anilines is 1. The van der Waals surface area contributed by atoms with Crippen molar-refractivity contribution in [1.82, 2.24) is 0 Å². The number of halogens is 1. The molecule has 1 rings (SSSR count). The minimum atomic E-state index is -0.576. The summed E-state index contributed by atoms with van der Waals surface area (Å²) in [6, 6.07) is 4.66. The number of ether oxygens (including phenoxy) is 1. The van der Waals surface area contributed by atoms with Crippen molar-refractivity contribution in [2.45, 2.75) is 13.8 Å². The molecule has 1 aromatic carbocycles. The quantitative estimate of drug-likeness (QED) is 0.388. The number of para-hydroxylation sites is 1. The predicted octanol–water partition coefficient (Wildman–Crippen LogP) is 2.71. The topological polar surface area (TPSA) is 93.8 Å². The Labute approximate surface area is 117 Å². The molecule has 0 spiro atoms. The number of carbonyl (C=O) groups excluding carboxylic acids is 1. The molecule has 0 bridgehead atoms. The number of nitro benzene ring substituents is 1. The van der Waals surface area contributed by atoms with Gasteiger partial charge in [-0.2, -0.15) is 5.10 Å². The zero-order valence-corrected chi connectivity index (χ0v) is 11.9. The van der Waals surface area contributed by atoms with Crippen LogP contribution >= 0.6 is 15.9 Å². The zero-order valence-electron chi connectivity index (χ0n) is 10.3. The molecule has 0 aromatic heterocycles. The summed E-state index contributed by atoms with van der Waals surface area (Å²) in [5, 5.41) is 14.7. The molecule has 0 unspecified atom stereocenters. The van der Waals surface area contributed by atoms with Gasteiger partial charge in [0.15, 0.2) is 0 Å². The molecular formula is C11H12BrN3O4. The fourth-order valence-electron chi connectivity index (χ4n) is 1.22. The van der Waals surface area contributed by atoms with Gasteiger partial charge < -0.3 is 4.74 Å². The van der Waals surface area contributed by atoms with Gasteiger partial charge in [0.05, 0.1) is 16.0 Å². The number of hydrogen-bond donors (Lipinski definition) is 1. The third kappa shape index (κ3) is 4.02. The molecule has 7 nitrogen and oxygen atoms in total. The van der Waals surface area contributed by atoms with Gasteiger partial charge in [0.2, 0.25) is 0 Å². The van der Waals surface area contributed by atoms with Gasteiger partial charge >= 0.3 is 11.7 Å². The van der Waals surface area contributed by atoms with E-state index >= 15 is 0 Å². The standard InChI is InChI=1S/C11H12BrN3O4/c1-3-19-11(16)7(2)13-14-9-6-4-5-8(12)10(9)15(17)18/h4-6,14H,3H2,1-2H3/b13-7-. The van der Waals surface area contributed by atoms with Crippen molar-refractivity contribution in [3.8, 4) is 0 Å². The average Bonchev–Trinajstić information content (AvgIpc) is 2.35. The summed E-state index contributed by atoms with van der Waals surface area (Å²) in [7, 11) is 0. The van der Waals surface area contributed by atoms with E-state index in [1.165, 1.54) is 13.0 Å². The molecule has 0 fully saturated rings. The van der Waals surface area contributed by atoms with Gasteiger partial charge in [0.25, 0.3) is 0 Å². The van der Waals surface area contributed by atoms with Crippen LogP contribution in [0.2, 0.25) is 0 Å². The first-order chi connectivity index (χ1) is 8.97. The fourth-order valence-corrected chi connectivity index (χ4v) is 1.73. The molecule has 1 N–H and O–H groups in total. The van der Waals surface area contributed by atoms with Crippen molar-refractivity contribution in [1.29, 1.82) is 0 Å². The van der Waals surface area contributed by atoms with Crippen LogP contribution in [-0.2, 0) is 9.53 Å². The summed E-state index contributed by atoms with van der Waals surface area (Å²) in [6.07, 6.45) is 0. The summed E-state index contributed by atoms with van der Waals surface area (Å²) in [5.74, 6) is -0.576. The Balaban J connectivity index is 2.95. The van der Waals surface area contributed by atoms with Crippen LogP contribution in [0.15, 0.2) is 27.8 Å². The van der Waals surface area contributed by atoms with E-state index in [9.17, 15) is 14.9 Å². The lowest BCUT2D eigenvalue weighted by Crippen LogP contribution is -2.15. The van der Waals surface area contributed by atoms with Gasteiger partial charge in [-0.15, -0.1) is 0 Å². The van der Waals surface area contributed by atoms with E-state index in [-0.39, 0.29) is 23.7 Å². The smallest absolute Gasteiger partial charge is 0.354 e. The van der Waals surface area contributed by atoms with Gasteiger partial charge in [-0.05, 0) is 41.9 Å². The molecule has 0 saturated heterocycles. The number of hydrazone groups is 1. The first-order valence-electron chi connectivity index (χ1n) is 5.37. The number of benzene rings is 1. The Bertz CT molecular complexity index is 531. The average molecular weight is 330 g/mol. The predicted molar refractivity (Wildman–Crippen MR) is 74.2 cm³/mol. The van der Waals surface area contributed by atoms with Gasteiger partial charge in [-0.25, -0.2) is 4.79 Å². The van der Waals surface area contributed by atoms with Crippen LogP contribution in [0.25, 0.3) is 0 Å². The van der Waals surface area contributed by atoms with Crippen LogP contribution in [0.1, 0.15) is 13.8 Å². The number of nitro groups is 1. The Kier molecular flexibility index (Phi) is 5.43. The van der Waals surface area contributed by atoms with E-state index in [1.54, 1.807) is 19.1 Å². The van der Waals surface area contributed by atoms with Crippen molar-refractivity contribution in [3.05, 3.63) is 32.8 Å². The highest BCUT2D eigenvalue weighted by molar-refractivity contribution is 9.10. The Morgan fingerprint density at radius 3 is 2.84 bits per heavy atom. The van der Waals surface area contributed by atoms with Crippen LogP contribution in [0.4, 0.5) is 11.4 Å². The van der Waals surface area contributed by atoms with E-state index in [0.29, 0.717) is 4.47 Å². The van der Waals surface area contributed by atoms with Crippen molar-refractivity contribution in [3.63, 3.8) is 0 Å². The second-order valence-electron chi connectivity index (χ2n) is 3.42. The third-order valence-corrected chi connectivity index (χ3v) is 2.72. The summed E-state index contributed by atoms with van der Waals surface area (Å²) in [6.45, 7) is 3.37. The van der Waals surface area contributed by atoms with Crippen molar-refractivity contribution >= 4 is 39.0 Å². The van der Waals surface area contributed by atoms with Crippen LogP contribution in [0.3, 0.4) is 0 Å². The Hall–Kier alpha value is -1.96. The maximum atomic E-state index is 11.3.